The molecular weight excluding hydrogens is 252 g/mol. The van der Waals surface area contributed by atoms with Crippen molar-refractivity contribution in [3.8, 4) is 0 Å². The predicted molar refractivity (Wildman–Crippen MR) is 82.4 cm³/mol. The summed E-state index contributed by atoms with van der Waals surface area (Å²) >= 11 is 0. The zero-order valence-corrected chi connectivity index (χ0v) is 13.6. The van der Waals surface area contributed by atoms with E-state index in [4.69, 9.17) is 10.5 Å². The van der Waals surface area contributed by atoms with E-state index in [1.165, 1.54) is 0 Å². The number of nitrogens with one attached hydrogen (secondary N) is 1. The number of nitrogens with two attached hydrogens (primary N) is 1. The summed E-state index contributed by atoms with van der Waals surface area (Å²) in [5, 5.41) is 2.93. The standard InChI is InChI=1S/C16H32N2O2/c1-5-13(4)18-15(19)10-20-16(11-17)8-6-14(7-9-16)12(2)3/h12-14H,5-11,17H2,1-4H3,(H,18,19). The summed E-state index contributed by atoms with van der Waals surface area (Å²) in [6.45, 7) is 9.26. The van der Waals surface area contributed by atoms with E-state index < -0.39 is 0 Å². The van der Waals surface area contributed by atoms with E-state index in [-0.39, 0.29) is 24.2 Å². The molecule has 1 fully saturated rings. The highest BCUT2D eigenvalue weighted by atomic mass is 16.5. The normalized spacial score (nSPS) is 28.4. The Morgan fingerprint density at radius 3 is 2.40 bits per heavy atom. The van der Waals surface area contributed by atoms with Crippen LogP contribution in [0, 0.1) is 11.8 Å². The van der Waals surface area contributed by atoms with E-state index >= 15 is 0 Å². The summed E-state index contributed by atoms with van der Waals surface area (Å²) in [7, 11) is 0. The molecular formula is C16H32N2O2. The van der Waals surface area contributed by atoms with Crippen molar-refractivity contribution in [1.29, 1.82) is 0 Å². The fourth-order valence-corrected chi connectivity index (χ4v) is 2.88. The lowest BCUT2D eigenvalue weighted by molar-refractivity contribution is -0.137. The molecule has 1 saturated carbocycles. The molecule has 0 bridgehead atoms. The first-order valence-electron chi connectivity index (χ1n) is 8.06. The Morgan fingerprint density at radius 2 is 1.95 bits per heavy atom. The number of carbonyl (C=O) groups excluding carboxylic acids is 1. The Balaban J connectivity index is 2.42. The minimum atomic E-state index is -0.280. The molecule has 1 aliphatic carbocycles. The van der Waals surface area contributed by atoms with E-state index in [1.807, 2.05) is 6.92 Å². The predicted octanol–water partition coefficient (Wildman–Crippen LogP) is 2.46. The second-order valence-electron chi connectivity index (χ2n) is 6.63. The van der Waals surface area contributed by atoms with Crippen LogP contribution in [0.25, 0.3) is 0 Å². The Labute approximate surface area is 123 Å². The molecule has 118 valence electrons. The molecule has 1 aliphatic rings. The quantitative estimate of drug-likeness (QED) is 0.755. The van der Waals surface area contributed by atoms with Crippen LogP contribution in [0.5, 0.6) is 0 Å². The second kappa shape index (κ2) is 7.99. The van der Waals surface area contributed by atoms with Crippen molar-refractivity contribution in [2.24, 2.45) is 17.6 Å². The zero-order chi connectivity index (χ0) is 15.2. The number of hydrogen-bond acceptors (Lipinski definition) is 3. The summed E-state index contributed by atoms with van der Waals surface area (Å²) in [5.74, 6) is 1.46. The van der Waals surface area contributed by atoms with Crippen LogP contribution in [-0.4, -0.2) is 30.7 Å². The Morgan fingerprint density at radius 1 is 1.35 bits per heavy atom. The number of hydrogen-bond donors (Lipinski definition) is 2. The van der Waals surface area contributed by atoms with Crippen LogP contribution in [0.3, 0.4) is 0 Å². The van der Waals surface area contributed by atoms with Gasteiger partial charge in [0.15, 0.2) is 0 Å². The van der Waals surface area contributed by atoms with Gasteiger partial charge in [0.05, 0.1) is 5.60 Å². The molecule has 0 aromatic heterocycles. The lowest BCUT2D eigenvalue weighted by atomic mass is 9.74. The second-order valence-corrected chi connectivity index (χ2v) is 6.63. The minimum Gasteiger partial charge on any atom is -0.364 e. The van der Waals surface area contributed by atoms with Crippen molar-refractivity contribution in [3.63, 3.8) is 0 Å². The van der Waals surface area contributed by atoms with Gasteiger partial charge in [0, 0.05) is 12.6 Å². The summed E-state index contributed by atoms with van der Waals surface area (Å²) in [6, 6.07) is 0.205. The number of amides is 1. The van der Waals surface area contributed by atoms with Gasteiger partial charge in [-0.2, -0.15) is 0 Å². The minimum absolute atomic E-state index is 0.0295. The molecule has 0 aliphatic heterocycles. The van der Waals surface area contributed by atoms with Gasteiger partial charge in [-0.3, -0.25) is 4.79 Å². The topological polar surface area (TPSA) is 64.3 Å². The van der Waals surface area contributed by atoms with Crippen LogP contribution in [0.1, 0.15) is 59.8 Å². The molecule has 1 amide bonds. The molecule has 1 atom stereocenters. The van der Waals surface area contributed by atoms with Crippen molar-refractivity contribution in [1.82, 2.24) is 5.32 Å². The van der Waals surface area contributed by atoms with Gasteiger partial charge in [0.2, 0.25) is 5.91 Å². The molecule has 20 heavy (non-hydrogen) atoms. The lowest BCUT2D eigenvalue weighted by Crippen LogP contribution is -2.47. The van der Waals surface area contributed by atoms with Gasteiger partial charge in [0.1, 0.15) is 6.61 Å². The van der Waals surface area contributed by atoms with E-state index in [9.17, 15) is 4.79 Å². The van der Waals surface area contributed by atoms with E-state index in [0.717, 1.165) is 43.9 Å². The third-order valence-electron chi connectivity index (χ3n) is 4.79. The van der Waals surface area contributed by atoms with Gasteiger partial charge in [-0.25, -0.2) is 0 Å². The van der Waals surface area contributed by atoms with Crippen molar-refractivity contribution >= 4 is 5.91 Å². The van der Waals surface area contributed by atoms with E-state index in [0.29, 0.717) is 6.54 Å². The van der Waals surface area contributed by atoms with Crippen molar-refractivity contribution in [3.05, 3.63) is 0 Å². The van der Waals surface area contributed by atoms with Crippen LogP contribution >= 0.6 is 0 Å². The van der Waals surface area contributed by atoms with Crippen LogP contribution in [0.2, 0.25) is 0 Å². The van der Waals surface area contributed by atoms with Gasteiger partial charge in [-0.1, -0.05) is 20.8 Å². The summed E-state index contributed by atoms with van der Waals surface area (Å²) in [6.07, 6.45) is 5.19. The van der Waals surface area contributed by atoms with Crippen LogP contribution in [0.4, 0.5) is 0 Å². The van der Waals surface area contributed by atoms with Crippen molar-refractivity contribution in [2.75, 3.05) is 13.2 Å². The summed E-state index contributed by atoms with van der Waals surface area (Å²) < 4.78 is 5.92. The highest BCUT2D eigenvalue weighted by Crippen LogP contribution is 2.37. The fraction of sp³-hybridized carbons (Fsp3) is 0.938. The van der Waals surface area contributed by atoms with Crippen LogP contribution in [-0.2, 0) is 9.53 Å². The first-order valence-corrected chi connectivity index (χ1v) is 8.06. The third-order valence-corrected chi connectivity index (χ3v) is 4.79. The highest BCUT2D eigenvalue weighted by molar-refractivity contribution is 5.77. The Kier molecular flexibility index (Phi) is 6.96. The number of rotatable bonds is 7. The lowest BCUT2D eigenvalue weighted by Gasteiger charge is -2.40. The molecule has 0 aromatic rings. The first-order chi connectivity index (χ1) is 9.42. The van der Waals surface area contributed by atoms with Gasteiger partial charge < -0.3 is 15.8 Å². The largest absolute Gasteiger partial charge is 0.364 e. The fourth-order valence-electron chi connectivity index (χ4n) is 2.88. The number of ether oxygens (including phenoxy) is 1. The molecule has 1 rings (SSSR count). The molecule has 4 heteroatoms. The SMILES string of the molecule is CCC(C)NC(=O)COC1(CN)CCC(C(C)C)CC1. The van der Waals surface area contributed by atoms with Crippen molar-refractivity contribution in [2.45, 2.75) is 71.4 Å². The maximum Gasteiger partial charge on any atom is 0.246 e. The van der Waals surface area contributed by atoms with Gasteiger partial charge >= 0.3 is 0 Å². The van der Waals surface area contributed by atoms with Crippen LogP contribution < -0.4 is 11.1 Å². The van der Waals surface area contributed by atoms with E-state index in [1.54, 1.807) is 0 Å². The van der Waals surface area contributed by atoms with Crippen molar-refractivity contribution < 1.29 is 9.53 Å². The molecule has 0 saturated heterocycles. The highest BCUT2D eigenvalue weighted by Gasteiger charge is 2.36. The van der Waals surface area contributed by atoms with Gasteiger partial charge in [0.25, 0.3) is 0 Å². The molecule has 0 aromatic carbocycles. The molecule has 0 radical (unpaired) electrons. The Bertz CT molecular complexity index is 297. The molecule has 1 unspecified atom stereocenters. The zero-order valence-electron chi connectivity index (χ0n) is 13.6. The molecule has 4 nitrogen and oxygen atoms in total. The molecule has 0 heterocycles. The van der Waals surface area contributed by atoms with Crippen LogP contribution in [0.15, 0.2) is 0 Å². The maximum absolute atomic E-state index is 11.8. The summed E-state index contributed by atoms with van der Waals surface area (Å²) in [5.41, 5.74) is 5.64. The maximum atomic E-state index is 11.8. The van der Waals surface area contributed by atoms with Gasteiger partial charge in [-0.15, -0.1) is 0 Å². The number of carbonyl (C=O) groups is 1. The summed E-state index contributed by atoms with van der Waals surface area (Å²) in [4.78, 5) is 11.8. The average Bonchev–Trinajstić information content (AvgIpc) is 2.45. The molecule has 3 N–H and O–H groups in total. The monoisotopic (exact) mass is 284 g/mol. The average molecular weight is 284 g/mol. The van der Waals surface area contributed by atoms with E-state index in [2.05, 4.69) is 26.1 Å². The first kappa shape index (κ1) is 17.4. The smallest absolute Gasteiger partial charge is 0.246 e. The van der Waals surface area contributed by atoms with Gasteiger partial charge in [-0.05, 0) is 50.9 Å². The third kappa shape index (κ3) is 5.06. The molecule has 0 spiro atoms. The Hall–Kier alpha value is -0.610.